The van der Waals surface area contributed by atoms with Gasteiger partial charge in [0.1, 0.15) is 24.0 Å². The molecule has 0 amide bonds. The molecule has 0 radical (unpaired) electrons. The van der Waals surface area contributed by atoms with Crippen LogP contribution in [0.3, 0.4) is 0 Å². The van der Waals surface area contributed by atoms with E-state index in [1.807, 2.05) is 42.5 Å². The second-order valence-corrected chi connectivity index (χ2v) is 7.44. The molecule has 0 aliphatic carbocycles. The lowest BCUT2D eigenvalue weighted by molar-refractivity contribution is 0.0841. The molecule has 0 saturated carbocycles. The summed E-state index contributed by atoms with van der Waals surface area (Å²) in [6.07, 6.45) is -0.350. The van der Waals surface area contributed by atoms with Gasteiger partial charge in [-0.15, -0.1) is 0 Å². The van der Waals surface area contributed by atoms with Gasteiger partial charge in [0.05, 0.1) is 34.9 Å². The minimum Gasteiger partial charge on any atom is -0.493 e. The van der Waals surface area contributed by atoms with Crippen molar-refractivity contribution in [3.63, 3.8) is 0 Å². The fraction of sp³-hybridized carbons (Fsp3) is 0.269. The van der Waals surface area contributed by atoms with E-state index in [-0.39, 0.29) is 12.2 Å². The monoisotopic (exact) mass is 450 g/mol. The summed E-state index contributed by atoms with van der Waals surface area (Å²) < 4.78 is 34.1. The number of rotatable bonds is 8. The Hall–Kier alpha value is -3.87. The summed E-state index contributed by atoms with van der Waals surface area (Å²) in [7, 11) is 6.15. The lowest BCUT2D eigenvalue weighted by atomic mass is 9.94. The molecular weight excluding hydrogens is 424 g/mol. The third kappa shape index (κ3) is 4.39. The molecule has 0 N–H and O–H groups in total. The summed E-state index contributed by atoms with van der Waals surface area (Å²) in [6, 6.07) is 16.9. The van der Waals surface area contributed by atoms with Gasteiger partial charge in [0, 0.05) is 6.07 Å². The maximum Gasteiger partial charge on any atom is 0.204 e. The van der Waals surface area contributed by atoms with Crippen LogP contribution in [-0.2, 0) is 6.61 Å². The number of ketones is 1. The molecule has 0 fully saturated rings. The Balaban J connectivity index is 1.70. The van der Waals surface area contributed by atoms with E-state index in [1.165, 1.54) is 14.2 Å². The van der Waals surface area contributed by atoms with E-state index in [0.29, 0.717) is 46.7 Å². The fourth-order valence-electron chi connectivity index (χ4n) is 3.89. The minimum absolute atomic E-state index is 0.110. The van der Waals surface area contributed by atoms with E-state index in [1.54, 1.807) is 26.4 Å². The van der Waals surface area contributed by atoms with Crippen molar-refractivity contribution in [3.8, 4) is 34.5 Å². The minimum atomic E-state index is -0.495. The smallest absolute Gasteiger partial charge is 0.204 e. The van der Waals surface area contributed by atoms with Crippen molar-refractivity contribution >= 4 is 5.78 Å². The number of fused-ring (bicyclic) bond motifs is 1. The molecule has 3 aromatic carbocycles. The maximum atomic E-state index is 13.2. The Bertz CT molecular complexity index is 1140. The molecule has 0 aromatic heterocycles. The van der Waals surface area contributed by atoms with Crippen molar-refractivity contribution in [2.24, 2.45) is 0 Å². The lowest BCUT2D eigenvalue weighted by Crippen LogP contribution is -2.21. The number of hydrogen-bond donors (Lipinski definition) is 0. The van der Waals surface area contributed by atoms with Crippen LogP contribution in [0.1, 0.15) is 34.0 Å². The first-order valence-corrected chi connectivity index (χ1v) is 10.5. The van der Waals surface area contributed by atoms with Crippen molar-refractivity contribution in [3.05, 3.63) is 71.3 Å². The molecule has 1 aliphatic rings. The topological polar surface area (TPSA) is 72.5 Å². The van der Waals surface area contributed by atoms with Gasteiger partial charge in [0.15, 0.2) is 28.8 Å². The highest BCUT2D eigenvalue weighted by Gasteiger charge is 2.34. The van der Waals surface area contributed by atoms with Crippen LogP contribution in [-0.4, -0.2) is 34.2 Å². The summed E-state index contributed by atoms with van der Waals surface area (Å²) in [5.41, 5.74) is 2.14. The van der Waals surface area contributed by atoms with Gasteiger partial charge < -0.3 is 28.4 Å². The molecule has 7 heteroatoms. The Morgan fingerprint density at radius 1 is 0.818 bits per heavy atom. The zero-order chi connectivity index (χ0) is 23.4. The van der Waals surface area contributed by atoms with Crippen molar-refractivity contribution in [2.75, 3.05) is 28.4 Å². The van der Waals surface area contributed by atoms with Crippen LogP contribution >= 0.6 is 0 Å². The van der Waals surface area contributed by atoms with Crippen LogP contribution in [0.5, 0.6) is 34.5 Å². The Morgan fingerprint density at radius 2 is 1.55 bits per heavy atom. The highest BCUT2D eigenvalue weighted by molar-refractivity contribution is 6.04. The molecule has 172 valence electrons. The number of ether oxygens (including phenoxy) is 6. The SMILES string of the molecule is COc1ccc(C2CC(=O)c3c(cc(OCc4ccccc4)c(OC)c3OC)O2)cc1OC. The van der Waals surface area contributed by atoms with E-state index in [4.69, 9.17) is 28.4 Å². The number of Topliss-reactive ketones (excluding diaryl/α,β-unsaturated/α-hetero) is 1. The van der Waals surface area contributed by atoms with Gasteiger partial charge >= 0.3 is 0 Å². The van der Waals surface area contributed by atoms with Gasteiger partial charge in [0.25, 0.3) is 0 Å². The quantitative estimate of drug-likeness (QED) is 0.478. The average molecular weight is 450 g/mol. The van der Waals surface area contributed by atoms with E-state index >= 15 is 0 Å². The second-order valence-electron chi connectivity index (χ2n) is 7.44. The van der Waals surface area contributed by atoms with Crippen LogP contribution in [0, 0.1) is 0 Å². The molecular formula is C26H26O7. The van der Waals surface area contributed by atoms with Gasteiger partial charge in [-0.25, -0.2) is 0 Å². The number of carbonyl (C=O) groups excluding carboxylic acids is 1. The average Bonchev–Trinajstić information content (AvgIpc) is 2.86. The van der Waals surface area contributed by atoms with E-state index < -0.39 is 6.10 Å². The normalized spacial score (nSPS) is 14.7. The zero-order valence-corrected chi connectivity index (χ0v) is 19.0. The number of benzene rings is 3. The zero-order valence-electron chi connectivity index (χ0n) is 19.0. The van der Waals surface area contributed by atoms with Crippen LogP contribution in [0.4, 0.5) is 0 Å². The maximum absolute atomic E-state index is 13.2. The third-order valence-corrected chi connectivity index (χ3v) is 5.51. The Morgan fingerprint density at radius 3 is 2.21 bits per heavy atom. The van der Waals surface area contributed by atoms with E-state index in [9.17, 15) is 4.79 Å². The molecule has 1 atom stereocenters. The second kappa shape index (κ2) is 9.73. The number of hydrogen-bond acceptors (Lipinski definition) is 7. The van der Waals surface area contributed by atoms with Crippen LogP contribution in [0.2, 0.25) is 0 Å². The molecule has 3 aromatic rings. The van der Waals surface area contributed by atoms with Gasteiger partial charge in [-0.3, -0.25) is 4.79 Å². The number of carbonyl (C=O) groups is 1. The van der Waals surface area contributed by atoms with Gasteiger partial charge in [-0.1, -0.05) is 36.4 Å². The van der Waals surface area contributed by atoms with Gasteiger partial charge in [0.2, 0.25) is 5.75 Å². The van der Waals surface area contributed by atoms with Crippen molar-refractivity contribution in [1.29, 1.82) is 0 Å². The summed E-state index contributed by atoms with van der Waals surface area (Å²) in [4.78, 5) is 13.2. The number of methoxy groups -OCH3 is 4. The predicted octanol–water partition coefficient (Wildman–Crippen LogP) is 5.01. The molecule has 1 aliphatic heterocycles. The van der Waals surface area contributed by atoms with Crippen LogP contribution in [0.15, 0.2) is 54.6 Å². The van der Waals surface area contributed by atoms with Crippen molar-refractivity contribution < 1.29 is 33.2 Å². The first-order chi connectivity index (χ1) is 16.1. The molecule has 7 nitrogen and oxygen atoms in total. The molecule has 0 bridgehead atoms. The summed E-state index contributed by atoms with van der Waals surface area (Å²) in [5.74, 6) is 2.52. The largest absolute Gasteiger partial charge is 0.493 e. The molecule has 0 spiro atoms. The molecule has 1 unspecified atom stereocenters. The first kappa shape index (κ1) is 22.3. The van der Waals surface area contributed by atoms with Crippen molar-refractivity contribution in [2.45, 2.75) is 19.1 Å². The molecule has 0 saturated heterocycles. The fourth-order valence-corrected chi connectivity index (χ4v) is 3.89. The van der Waals surface area contributed by atoms with E-state index in [0.717, 1.165) is 11.1 Å². The standard InChI is InChI=1S/C26H26O7/c1-28-19-11-10-17(12-21(19)29-2)20-13-18(27)24-22(33-20)14-23(25(30-3)26(24)31-4)32-15-16-8-6-5-7-9-16/h5-12,14,20H,13,15H2,1-4H3. The highest BCUT2D eigenvalue weighted by atomic mass is 16.5. The van der Waals surface area contributed by atoms with Crippen molar-refractivity contribution in [1.82, 2.24) is 0 Å². The lowest BCUT2D eigenvalue weighted by Gasteiger charge is -2.28. The third-order valence-electron chi connectivity index (χ3n) is 5.51. The molecule has 1 heterocycles. The summed E-state index contributed by atoms with van der Waals surface area (Å²) in [6.45, 7) is 0.326. The van der Waals surface area contributed by atoms with Crippen LogP contribution < -0.4 is 28.4 Å². The van der Waals surface area contributed by atoms with Gasteiger partial charge in [-0.2, -0.15) is 0 Å². The molecule has 33 heavy (non-hydrogen) atoms. The first-order valence-electron chi connectivity index (χ1n) is 10.5. The molecule has 4 rings (SSSR count). The van der Waals surface area contributed by atoms with Crippen LogP contribution in [0.25, 0.3) is 0 Å². The predicted molar refractivity (Wildman–Crippen MR) is 122 cm³/mol. The summed E-state index contributed by atoms with van der Waals surface area (Å²) >= 11 is 0. The Labute approximate surface area is 192 Å². The highest BCUT2D eigenvalue weighted by Crippen LogP contribution is 2.49. The summed E-state index contributed by atoms with van der Waals surface area (Å²) in [5, 5.41) is 0. The van der Waals surface area contributed by atoms with E-state index in [2.05, 4.69) is 0 Å². The van der Waals surface area contributed by atoms with Gasteiger partial charge in [-0.05, 0) is 23.3 Å². The Kier molecular flexibility index (Phi) is 6.58.